The van der Waals surface area contributed by atoms with Crippen LogP contribution >= 0.6 is 11.6 Å². The Balaban J connectivity index is 1.57. The van der Waals surface area contributed by atoms with Gasteiger partial charge in [-0.1, -0.05) is 41.4 Å². The van der Waals surface area contributed by atoms with E-state index < -0.39 is 21.7 Å². The molecule has 0 bridgehead atoms. The van der Waals surface area contributed by atoms with Gasteiger partial charge in [0.1, 0.15) is 29.0 Å². The molecule has 0 saturated carbocycles. The molecule has 10 heteroatoms. The monoisotopic (exact) mass is 563 g/mol. The van der Waals surface area contributed by atoms with E-state index in [4.69, 9.17) is 16.0 Å². The molecule has 1 N–H and O–H groups in total. The number of sulfonamides is 1. The second kappa shape index (κ2) is 12.1. The van der Waals surface area contributed by atoms with Crippen LogP contribution in [0.3, 0.4) is 0 Å². The lowest BCUT2D eigenvalue weighted by molar-refractivity contribution is -0.112. The molecule has 0 aliphatic rings. The van der Waals surface area contributed by atoms with Gasteiger partial charge in [-0.3, -0.25) is 4.79 Å². The highest BCUT2D eigenvalue weighted by Crippen LogP contribution is 2.24. The van der Waals surface area contributed by atoms with Crippen LogP contribution in [0.25, 0.3) is 6.08 Å². The molecular weight excluding hydrogens is 541 g/mol. The fourth-order valence-corrected chi connectivity index (χ4v) is 5.15. The van der Waals surface area contributed by atoms with Gasteiger partial charge in [-0.2, -0.15) is 9.57 Å². The molecule has 1 aromatic heterocycles. The summed E-state index contributed by atoms with van der Waals surface area (Å²) >= 11 is 5.95. The Morgan fingerprint density at radius 3 is 2.31 bits per heavy atom. The first-order valence-corrected chi connectivity index (χ1v) is 13.5. The number of benzene rings is 3. The summed E-state index contributed by atoms with van der Waals surface area (Å²) in [7, 11) is -3.94. The van der Waals surface area contributed by atoms with Gasteiger partial charge < -0.3 is 9.73 Å². The van der Waals surface area contributed by atoms with Crippen LogP contribution in [0.15, 0.2) is 99.8 Å². The van der Waals surface area contributed by atoms with Gasteiger partial charge in [0.05, 0.1) is 11.4 Å². The summed E-state index contributed by atoms with van der Waals surface area (Å²) < 4.78 is 47.3. The van der Waals surface area contributed by atoms with Crippen molar-refractivity contribution in [1.82, 2.24) is 4.31 Å². The summed E-state index contributed by atoms with van der Waals surface area (Å²) in [5.74, 6) is -0.660. The average molecular weight is 564 g/mol. The Morgan fingerprint density at radius 2 is 1.67 bits per heavy atom. The van der Waals surface area contributed by atoms with Crippen molar-refractivity contribution in [2.24, 2.45) is 0 Å². The first-order chi connectivity index (χ1) is 18.6. The zero-order chi connectivity index (χ0) is 28.0. The Morgan fingerprint density at radius 1 is 1.00 bits per heavy atom. The van der Waals surface area contributed by atoms with Crippen molar-refractivity contribution in [2.45, 2.75) is 24.9 Å². The highest BCUT2D eigenvalue weighted by atomic mass is 35.5. The summed E-state index contributed by atoms with van der Waals surface area (Å²) in [6.07, 6.45) is 1.25. The van der Waals surface area contributed by atoms with E-state index in [2.05, 4.69) is 5.32 Å². The van der Waals surface area contributed by atoms with Crippen molar-refractivity contribution in [2.75, 3.05) is 5.32 Å². The molecule has 0 radical (unpaired) electrons. The number of carbonyl (C=O) groups is 1. The van der Waals surface area contributed by atoms with Crippen LogP contribution in [0.4, 0.5) is 10.1 Å². The molecule has 0 unspecified atom stereocenters. The van der Waals surface area contributed by atoms with Crippen LogP contribution in [-0.4, -0.2) is 18.6 Å². The molecule has 0 saturated heterocycles. The maximum atomic E-state index is 13.5. The Bertz CT molecular complexity index is 1640. The highest BCUT2D eigenvalue weighted by molar-refractivity contribution is 7.89. The van der Waals surface area contributed by atoms with E-state index in [1.165, 1.54) is 65.0 Å². The predicted molar refractivity (Wildman–Crippen MR) is 146 cm³/mol. The fraction of sp³-hybridized carbons (Fsp3) is 0.103. The van der Waals surface area contributed by atoms with Crippen molar-refractivity contribution >= 4 is 39.3 Å². The number of nitriles is 1. The van der Waals surface area contributed by atoms with E-state index >= 15 is 0 Å². The Labute approximate surface area is 230 Å². The van der Waals surface area contributed by atoms with Gasteiger partial charge in [-0.15, -0.1) is 0 Å². The number of rotatable bonds is 9. The molecule has 0 fully saturated rings. The lowest BCUT2D eigenvalue weighted by Crippen LogP contribution is -2.30. The van der Waals surface area contributed by atoms with Gasteiger partial charge in [0.25, 0.3) is 5.91 Å². The second-order valence-electron chi connectivity index (χ2n) is 8.65. The standard InChI is InChI=1S/C29H23ClFN3O4S/c1-20-2-4-21(5-3-20)18-34(39(36,37)28-14-6-23(30)7-15-28)19-27-13-12-26(38-27)16-22(17-32)29(35)33-25-10-8-24(31)9-11-25/h2-16H,18-19H2,1H3,(H,33,35). The first kappa shape index (κ1) is 27.8. The normalized spacial score (nSPS) is 11.8. The number of nitrogens with zero attached hydrogens (tertiary/aromatic N) is 2. The number of aryl methyl sites for hydroxylation is 1. The van der Waals surface area contributed by atoms with Gasteiger partial charge in [-0.25, -0.2) is 12.8 Å². The summed E-state index contributed by atoms with van der Waals surface area (Å²) in [4.78, 5) is 12.6. The number of hydrogen-bond donors (Lipinski definition) is 1. The third-order valence-electron chi connectivity index (χ3n) is 5.70. The lowest BCUT2D eigenvalue weighted by atomic mass is 10.1. The maximum Gasteiger partial charge on any atom is 0.266 e. The number of nitrogens with one attached hydrogen (secondary N) is 1. The third kappa shape index (κ3) is 7.21. The molecule has 0 atom stereocenters. The van der Waals surface area contributed by atoms with E-state index in [0.29, 0.717) is 16.5 Å². The predicted octanol–water partition coefficient (Wildman–Crippen LogP) is 6.32. The van der Waals surface area contributed by atoms with E-state index in [-0.39, 0.29) is 29.3 Å². The minimum Gasteiger partial charge on any atom is -0.460 e. The molecule has 0 aliphatic carbocycles. The maximum absolute atomic E-state index is 13.5. The van der Waals surface area contributed by atoms with Gasteiger partial charge in [0.2, 0.25) is 10.0 Å². The van der Waals surface area contributed by atoms with Crippen LogP contribution in [0.2, 0.25) is 5.02 Å². The van der Waals surface area contributed by atoms with E-state index in [0.717, 1.165) is 11.1 Å². The van der Waals surface area contributed by atoms with Crippen LogP contribution in [0, 0.1) is 24.1 Å². The summed E-state index contributed by atoms with van der Waals surface area (Å²) in [5, 5.41) is 12.4. The molecule has 1 heterocycles. The fourth-order valence-electron chi connectivity index (χ4n) is 3.63. The minimum absolute atomic E-state index is 0.0786. The van der Waals surface area contributed by atoms with Crippen molar-refractivity contribution in [3.63, 3.8) is 0 Å². The number of hydrogen-bond acceptors (Lipinski definition) is 5. The van der Waals surface area contributed by atoms with Gasteiger partial charge in [-0.05, 0) is 73.2 Å². The third-order valence-corrected chi connectivity index (χ3v) is 7.76. The molecule has 7 nitrogen and oxygen atoms in total. The summed E-state index contributed by atoms with van der Waals surface area (Å²) in [5.41, 5.74) is 1.91. The molecule has 3 aromatic carbocycles. The molecule has 198 valence electrons. The quantitative estimate of drug-likeness (QED) is 0.190. The number of anilines is 1. The Kier molecular flexibility index (Phi) is 8.62. The molecule has 0 aliphatic heterocycles. The number of amides is 1. The molecule has 4 aromatic rings. The zero-order valence-electron chi connectivity index (χ0n) is 20.8. The van der Waals surface area contributed by atoms with Gasteiger partial charge in [0, 0.05) is 23.3 Å². The highest BCUT2D eigenvalue weighted by Gasteiger charge is 2.26. The molecular formula is C29H23ClFN3O4S. The number of furan rings is 1. The van der Waals surface area contributed by atoms with E-state index in [1.54, 1.807) is 6.07 Å². The minimum atomic E-state index is -3.94. The van der Waals surface area contributed by atoms with E-state index in [1.807, 2.05) is 37.3 Å². The van der Waals surface area contributed by atoms with Crippen LogP contribution < -0.4 is 5.32 Å². The van der Waals surface area contributed by atoms with Crippen molar-refractivity contribution in [1.29, 1.82) is 5.26 Å². The van der Waals surface area contributed by atoms with Gasteiger partial charge >= 0.3 is 0 Å². The van der Waals surface area contributed by atoms with Crippen molar-refractivity contribution in [3.05, 3.63) is 124 Å². The van der Waals surface area contributed by atoms with Gasteiger partial charge in [0.15, 0.2) is 0 Å². The topological polar surface area (TPSA) is 103 Å². The van der Waals surface area contributed by atoms with Crippen molar-refractivity contribution < 1.29 is 22.0 Å². The number of halogens is 2. The summed E-state index contributed by atoms with van der Waals surface area (Å²) in [6.45, 7) is 1.93. The van der Waals surface area contributed by atoms with E-state index in [9.17, 15) is 22.9 Å². The summed E-state index contributed by atoms with van der Waals surface area (Å²) in [6, 6.07) is 23.5. The van der Waals surface area contributed by atoms with Crippen LogP contribution in [0.1, 0.15) is 22.6 Å². The van der Waals surface area contributed by atoms with Crippen molar-refractivity contribution in [3.8, 4) is 6.07 Å². The average Bonchev–Trinajstić information content (AvgIpc) is 3.36. The molecule has 4 rings (SSSR count). The second-order valence-corrected chi connectivity index (χ2v) is 11.0. The lowest BCUT2D eigenvalue weighted by Gasteiger charge is -2.21. The molecule has 39 heavy (non-hydrogen) atoms. The smallest absolute Gasteiger partial charge is 0.266 e. The molecule has 0 spiro atoms. The Hall–Kier alpha value is -4.23. The SMILES string of the molecule is Cc1ccc(CN(Cc2ccc(C=C(C#N)C(=O)Nc3ccc(F)cc3)o2)S(=O)(=O)c2ccc(Cl)cc2)cc1. The van der Waals surface area contributed by atoms with Crippen LogP contribution in [0.5, 0.6) is 0 Å². The van der Waals surface area contributed by atoms with Crippen LogP contribution in [-0.2, 0) is 27.9 Å². The largest absolute Gasteiger partial charge is 0.460 e. The zero-order valence-corrected chi connectivity index (χ0v) is 22.3. The molecule has 1 amide bonds. The number of carbonyl (C=O) groups excluding carboxylic acids is 1. The first-order valence-electron chi connectivity index (χ1n) is 11.7.